The molecule has 0 saturated carbocycles. The van der Waals surface area contributed by atoms with Crippen LogP contribution in [0.1, 0.15) is 22.0 Å². The molecular formula is C9H11FN2O2. The number of hydrogen-bond donors (Lipinski definition) is 3. The third-order valence-corrected chi connectivity index (χ3v) is 1.91. The molecule has 76 valence electrons. The van der Waals surface area contributed by atoms with Crippen molar-refractivity contribution in [3.63, 3.8) is 0 Å². The fourth-order valence-corrected chi connectivity index (χ4v) is 1.07. The van der Waals surface area contributed by atoms with Gasteiger partial charge >= 0.3 is 5.97 Å². The molecule has 0 aliphatic carbocycles. The van der Waals surface area contributed by atoms with E-state index in [2.05, 4.69) is 0 Å². The highest BCUT2D eigenvalue weighted by atomic mass is 19.1. The van der Waals surface area contributed by atoms with Crippen LogP contribution in [-0.2, 0) is 0 Å². The van der Waals surface area contributed by atoms with Gasteiger partial charge in [-0.2, -0.15) is 0 Å². The molecule has 1 atom stereocenters. The summed E-state index contributed by atoms with van der Waals surface area (Å²) in [6.45, 7) is 0.186. The van der Waals surface area contributed by atoms with Crippen molar-refractivity contribution in [3.05, 3.63) is 35.1 Å². The summed E-state index contributed by atoms with van der Waals surface area (Å²) in [7, 11) is 0. The molecule has 5 N–H and O–H groups in total. The van der Waals surface area contributed by atoms with Gasteiger partial charge in [-0.15, -0.1) is 0 Å². The molecule has 0 aromatic heterocycles. The Bertz CT molecular complexity index is 355. The smallest absolute Gasteiger partial charge is 0.338 e. The summed E-state index contributed by atoms with van der Waals surface area (Å²) < 4.78 is 13.1. The number of rotatable bonds is 3. The summed E-state index contributed by atoms with van der Waals surface area (Å²) in [5.41, 5.74) is 11.0. The fraction of sp³-hybridized carbons (Fsp3) is 0.222. The molecule has 0 aliphatic rings. The zero-order valence-electron chi connectivity index (χ0n) is 7.40. The molecule has 0 aliphatic heterocycles. The Balaban J connectivity index is 3.06. The molecule has 1 aromatic carbocycles. The van der Waals surface area contributed by atoms with Crippen molar-refractivity contribution >= 4 is 5.97 Å². The van der Waals surface area contributed by atoms with Crippen molar-refractivity contribution in [2.24, 2.45) is 11.5 Å². The first-order valence-electron chi connectivity index (χ1n) is 4.04. The summed E-state index contributed by atoms with van der Waals surface area (Å²) in [6, 6.07) is 3.28. The number of halogens is 1. The van der Waals surface area contributed by atoms with E-state index < -0.39 is 17.8 Å². The number of carbonyl (C=O) groups is 1. The van der Waals surface area contributed by atoms with Crippen molar-refractivity contribution in [2.75, 3.05) is 6.54 Å². The number of carboxylic acids is 1. The lowest BCUT2D eigenvalue weighted by atomic mass is 10.1. The van der Waals surface area contributed by atoms with Crippen molar-refractivity contribution in [1.29, 1.82) is 0 Å². The van der Waals surface area contributed by atoms with Crippen LogP contribution in [0.2, 0.25) is 0 Å². The van der Waals surface area contributed by atoms with Gasteiger partial charge in [0.1, 0.15) is 5.82 Å². The monoisotopic (exact) mass is 198 g/mol. The van der Waals surface area contributed by atoms with Crippen LogP contribution in [0.4, 0.5) is 4.39 Å². The van der Waals surface area contributed by atoms with Crippen LogP contribution in [0.25, 0.3) is 0 Å². The number of hydrogen-bond acceptors (Lipinski definition) is 3. The molecular weight excluding hydrogens is 187 g/mol. The second kappa shape index (κ2) is 4.17. The first-order chi connectivity index (χ1) is 6.56. The Kier molecular flexibility index (Phi) is 3.16. The fourth-order valence-electron chi connectivity index (χ4n) is 1.07. The van der Waals surface area contributed by atoms with Crippen LogP contribution in [-0.4, -0.2) is 17.6 Å². The number of aromatic carboxylic acids is 1. The van der Waals surface area contributed by atoms with Crippen LogP contribution in [0, 0.1) is 5.82 Å². The van der Waals surface area contributed by atoms with E-state index in [9.17, 15) is 9.18 Å². The van der Waals surface area contributed by atoms with Gasteiger partial charge in [-0.3, -0.25) is 0 Å². The molecule has 14 heavy (non-hydrogen) atoms. The van der Waals surface area contributed by atoms with Gasteiger partial charge in [0.25, 0.3) is 0 Å². The highest BCUT2D eigenvalue weighted by molar-refractivity contribution is 5.87. The van der Waals surface area contributed by atoms with Gasteiger partial charge in [0.15, 0.2) is 0 Å². The van der Waals surface area contributed by atoms with Crippen LogP contribution < -0.4 is 11.5 Å². The lowest BCUT2D eigenvalue weighted by Gasteiger charge is -2.09. The highest BCUT2D eigenvalue weighted by Gasteiger charge is 2.12. The predicted octanol–water partition coefficient (Wildman–Crippen LogP) is 0.482. The number of benzene rings is 1. The summed E-state index contributed by atoms with van der Waals surface area (Å²) in [4.78, 5) is 10.5. The Hall–Kier alpha value is -1.46. The van der Waals surface area contributed by atoms with E-state index in [1.54, 1.807) is 0 Å². The molecule has 0 radical (unpaired) electrons. The van der Waals surface area contributed by atoms with Crippen molar-refractivity contribution in [1.82, 2.24) is 0 Å². The maximum absolute atomic E-state index is 13.1. The Labute approximate surface area is 80.3 Å². The second-order valence-corrected chi connectivity index (χ2v) is 2.89. The average molecular weight is 198 g/mol. The normalized spacial score (nSPS) is 12.5. The molecule has 1 unspecified atom stereocenters. The van der Waals surface area contributed by atoms with Gasteiger partial charge in [-0.1, -0.05) is 6.07 Å². The first-order valence-corrected chi connectivity index (χ1v) is 4.04. The minimum atomic E-state index is -1.30. The molecule has 5 heteroatoms. The maximum Gasteiger partial charge on any atom is 0.338 e. The standard InChI is InChI=1S/C9H11FN2O2/c10-7-3-5(8(12)4-11)1-2-6(7)9(13)14/h1-3,8H,4,11-12H2,(H,13,14). The van der Waals surface area contributed by atoms with Crippen LogP contribution >= 0.6 is 0 Å². The summed E-state index contributed by atoms with van der Waals surface area (Å²) in [6.07, 6.45) is 0. The molecule has 1 rings (SSSR count). The van der Waals surface area contributed by atoms with Gasteiger partial charge in [-0.25, -0.2) is 9.18 Å². The molecule has 0 saturated heterocycles. The Morgan fingerprint density at radius 1 is 1.57 bits per heavy atom. The van der Waals surface area contributed by atoms with Crippen LogP contribution in [0.15, 0.2) is 18.2 Å². The minimum absolute atomic E-state index is 0.186. The number of nitrogens with two attached hydrogens (primary N) is 2. The summed E-state index contributed by atoms with van der Waals surface area (Å²) in [5, 5.41) is 8.56. The first kappa shape index (κ1) is 10.6. The van der Waals surface area contributed by atoms with Crippen LogP contribution in [0.5, 0.6) is 0 Å². The topological polar surface area (TPSA) is 89.3 Å². The lowest BCUT2D eigenvalue weighted by Crippen LogP contribution is -2.21. The van der Waals surface area contributed by atoms with E-state index >= 15 is 0 Å². The second-order valence-electron chi connectivity index (χ2n) is 2.89. The molecule has 0 amide bonds. The molecule has 0 spiro atoms. The molecule has 1 aromatic rings. The van der Waals surface area contributed by atoms with Crippen LogP contribution in [0.3, 0.4) is 0 Å². The number of carboxylic acid groups (broad SMARTS) is 1. The van der Waals surface area contributed by atoms with E-state index in [-0.39, 0.29) is 12.1 Å². The van der Waals surface area contributed by atoms with Crippen molar-refractivity contribution in [2.45, 2.75) is 6.04 Å². The highest BCUT2D eigenvalue weighted by Crippen LogP contribution is 2.14. The molecule has 0 fully saturated rings. The van der Waals surface area contributed by atoms with E-state index in [1.165, 1.54) is 12.1 Å². The summed E-state index contributed by atoms with van der Waals surface area (Å²) >= 11 is 0. The lowest BCUT2D eigenvalue weighted by molar-refractivity contribution is 0.0692. The quantitative estimate of drug-likeness (QED) is 0.659. The molecule has 0 heterocycles. The van der Waals surface area contributed by atoms with E-state index in [4.69, 9.17) is 16.6 Å². The molecule has 0 bridgehead atoms. The third-order valence-electron chi connectivity index (χ3n) is 1.91. The maximum atomic E-state index is 13.1. The molecule has 4 nitrogen and oxygen atoms in total. The largest absolute Gasteiger partial charge is 0.478 e. The van der Waals surface area contributed by atoms with Gasteiger partial charge in [-0.05, 0) is 17.7 Å². The predicted molar refractivity (Wildman–Crippen MR) is 49.3 cm³/mol. The van der Waals surface area contributed by atoms with Crippen molar-refractivity contribution in [3.8, 4) is 0 Å². The van der Waals surface area contributed by atoms with E-state index in [0.717, 1.165) is 6.07 Å². The van der Waals surface area contributed by atoms with Gasteiger partial charge in [0.2, 0.25) is 0 Å². The third kappa shape index (κ3) is 2.07. The van der Waals surface area contributed by atoms with Gasteiger partial charge in [0, 0.05) is 12.6 Å². The van der Waals surface area contributed by atoms with E-state index in [0.29, 0.717) is 5.56 Å². The zero-order chi connectivity index (χ0) is 10.7. The van der Waals surface area contributed by atoms with E-state index in [1.807, 2.05) is 0 Å². The zero-order valence-corrected chi connectivity index (χ0v) is 7.40. The van der Waals surface area contributed by atoms with Crippen molar-refractivity contribution < 1.29 is 14.3 Å². The SMILES string of the molecule is NCC(N)c1ccc(C(=O)O)c(F)c1. The summed E-state index contributed by atoms with van der Waals surface area (Å²) in [5.74, 6) is -2.09. The minimum Gasteiger partial charge on any atom is -0.478 e. The van der Waals surface area contributed by atoms with Gasteiger partial charge < -0.3 is 16.6 Å². The Morgan fingerprint density at radius 2 is 2.21 bits per heavy atom. The Morgan fingerprint density at radius 3 is 2.64 bits per heavy atom. The average Bonchev–Trinajstić information content (AvgIpc) is 2.15. The van der Waals surface area contributed by atoms with Gasteiger partial charge in [0.05, 0.1) is 5.56 Å².